The summed E-state index contributed by atoms with van der Waals surface area (Å²) in [7, 11) is 5.37. The number of guanidine groups is 1. The van der Waals surface area contributed by atoms with Gasteiger partial charge in [0.15, 0.2) is 5.96 Å². The van der Waals surface area contributed by atoms with Crippen molar-refractivity contribution in [3.8, 4) is 5.75 Å². The molecule has 0 saturated carbocycles. The topological polar surface area (TPSA) is 92.0 Å². The van der Waals surface area contributed by atoms with Crippen LogP contribution >= 0.6 is 0 Å². The molecule has 0 radical (unpaired) electrons. The molecule has 8 nitrogen and oxygen atoms in total. The van der Waals surface area contributed by atoms with Crippen molar-refractivity contribution in [2.24, 2.45) is 4.99 Å². The smallest absolute Gasteiger partial charge is 0.269 e. The summed E-state index contributed by atoms with van der Waals surface area (Å²) in [6, 6.07) is 14.2. The fourth-order valence-electron chi connectivity index (χ4n) is 2.63. The number of rotatable bonds is 8. The van der Waals surface area contributed by atoms with Crippen molar-refractivity contribution in [1.29, 1.82) is 0 Å². The van der Waals surface area contributed by atoms with Gasteiger partial charge < -0.3 is 20.3 Å². The van der Waals surface area contributed by atoms with E-state index in [0.29, 0.717) is 19.6 Å². The Morgan fingerprint density at radius 2 is 1.89 bits per heavy atom. The van der Waals surface area contributed by atoms with Gasteiger partial charge in [0, 0.05) is 57.1 Å². The van der Waals surface area contributed by atoms with Crippen LogP contribution in [0.4, 0.5) is 11.4 Å². The molecular weight excluding hydrogens is 346 g/mol. The second-order valence-corrected chi connectivity index (χ2v) is 5.87. The van der Waals surface area contributed by atoms with E-state index in [4.69, 9.17) is 4.74 Å². The molecule has 0 aliphatic rings. The lowest BCUT2D eigenvalue weighted by Gasteiger charge is -2.23. The molecule has 0 aliphatic carbocycles. The van der Waals surface area contributed by atoms with Gasteiger partial charge in [-0.15, -0.1) is 0 Å². The Balaban J connectivity index is 1.81. The van der Waals surface area contributed by atoms with E-state index < -0.39 is 4.92 Å². The highest BCUT2D eigenvalue weighted by molar-refractivity contribution is 5.79. The lowest BCUT2D eigenvalue weighted by Crippen LogP contribution is -2.40. The molecule has 0 aromatic heterocycles. The molecule has 0 amide bonds. The van der Waals surface area contributed by atoms with Crippen LogP contribution in [0, 0.1) is 10.1 Å². The predicted octanol–water partition coefficient (Wildman–Crippen LogP) is 2.72. The molecule has 0 atom stereocenters. The van der Waals surface area contributed by atoms with Crippen molar-refractivity contribution in [3.05, 3.63) is 64.2 Å². The molecule has 0 aliphatic heterocycles. The lowest BCUT2D eigenvalue weighted by atomic mass is 10.2. The SMILES string of the molecule is CN=C(NCCNc1ccc([N+](=O)[O-])cc1)N(C)Cc1ccccc1OC. The number of nitro groups is 1. The van der Waals surface area contributed by atoms with Crippen LogP contribution in [0.1, 0.15) is 5.56 Å². The van der Waals surface area contributed by atoms with Crippen LogP contribution in [-0.4, -0.2) is 50.1 Å². The first-order valence-corrected chi connectivity index (χ1v) is 8.57. The first-order chi connectivity index (χ1) is 13.0. The standard InChI is InChI=1S/C19H25N5O3/c1-20-19(23(2)14-15-6-4-5-7-18(15)27-3)22-13-12-21-16-8-10-17(11-9-16)24(25)26/h4-11,21H,12-14H2,1-3H3,(H,20,22). The van der Waals surface area contributed by atoms with E-state index in [9.17, 15) is 10.1 Å². The van der Waals surface area contributed by atoms with Gasteiger partial charge in [-0.2, -0.15) is 0 Å². The van der Waals surface area contributed by atoms with Crippen molar-refractivity contribution >= 4 is 17.3 Å². The Morgan fingerprint density at radius 3 is 2.52 bits per heavy atom. The number of hydrogen-bond donors (Lipinski definition) is 2. The number of nitrogens with zero attached hydrogens (tertiary/aromatic N) is 3. The largest absolute Gasteiger partial charge is 0.496 e. The summed E-state index contributed by atoms with van der Waals surface area (Å²) in [5, 5.41) is 17.2. The van der Waals surface area contributed by atoms with Crippen LogP contribution in [0.3, 0.4) is 0 Å². The third-order valence-corrected chi connectivity index (χ3v) is 3.99. The lowest BCUT2D eigenvalue weighted by molar-refractivity contribution is -0.384. The summed E-state index contributed by atoms with van der Waals surface area (Å²) in [5.41, 5.74) is 1.99. The molecule has 0 bridgehead atoms. The van der Waals surface area contributed by atoms with Crippen molar-refractivity contribution in [2.75, 3.05) is 39.6 Å². The molecule has 2 aromatic rings. The molecule has 0 unspecified atom stereocenters. The van der Waals surface area contributed by atoms with Gasteiger partial charge in [0.25, 0.3) is 5.69 Å². The summed E-state index contributed by atoms with van der Waals surface area (Å²) in [6.45, 7) is 1.97. The molecule has 2 aromatic carbocycles. The fraction of sp³-hybridized carbons (Fsp3) is 0.316. The van der Waals surface area contributed by atoms with Gasteiger partial charge in [-0.25, -0.2) is 0 Å². The van der Waals surface area contributed by atoms with Crippen LogP contribution in [-0.2, 0) is 6.54 Å². The van der Waals surface area contributed by atoms with E-state index >= 15 is 0 Å². The number of ether oxygens (including phenoxy) is 1. The van der Waals surface area contributed by atoms with Gasteiger partial charge in [-0.1, -0.05) is 18.2 Å². The third-order valence-electron chi connectivity index (χ3n) is 3.99. The Morgan fingerprint density at radius 1 is 1.19 bits per heavy atom. The zero-order valence-corrected chi connectivity index (χ0v) is 15.8. The first kappa shape index (κ1) is 20.0. The molecule has 0 fully saturated rings. The zero-order chi connectivity index (χ0) is 19.6. The van der Waals surface area contributed by atoms with Crippen molar-refractivity contribution in [2.45, 2.75) is 6.54 Å². The second kappa shape index (κ2) is 10.0. The fourth-order valence-corrected chi connectivity index (χ4v) is 2.63. The van der Waals surface area contributed by atoms with E-state index in [-0.39, 0.29) is 5.69 Å². The number of benzene rings is 2. The number of aliphatic imine (C=N–C) groups is 1. The minimum atomic E-state index is -0.410. The summed E-state index contributed by atoms with van der Waals surface area (Å²) < 4.78 is 5.39. The maximum absolute atomic E-state index is 10.7. The highest BCUT2D eigenvalue weighted by atomic mass is 16.6. The number of hydrogen-bond acceptors (Lipinski definition) is 5. The minimum Gasteiger partial charge on any atom is -0.496 e. The van der Waals surface area contributed by atoms with Gasteiger partial charge in [0.1, 0.15) is 5.75 Å². The number of non-ortho nitro benzene ring substituents is 1. The quantitative estimate of drug-likeness (QED) is 0.244. The molecule has 27 heavy (non-hydrogen) atoms. The Bertz CT molecular complexity index is 777. The van der Waals surface area contributed by atoms with Gasteiger partial charge in [0.2, 0.25) is 0 Å². The average Bonchev–Trinajstić information content (AvgIpc) is 2.68. The Kier molecular flexibility index (Phi) is 7.42. The van der Waals surface area contributed by atoms with Gasteiger partial charge in [-0.3, -0.25) is 15.1 Å². The maximum Gasteiger partial charge on any atom is 0.269 e. The molecule has 2 rings (SSSR count). The first-order valence-electron chi connectivity index (χ1n) is 8.57. The van der Waals surface area contributed by atoms with E-state index in [2.05, 4.69) is 15.6 Å². The van der Waals surface area contributed by atoms with Crippen molar-refractivity contribution < 1.29 is 9.66 Å². The third kappa shape index (κ3) is 5.88. The molecule has 144 valence electrons. The number of methoxy groups -OCH3 is 1. The molecular formula is C19H25N5O3. The monoisotopic (exact) mass is 371 g/mol. The van der Waals surface area contributed by atoms with Crippen LogP contribution in [0.25, 0.3) is 0 Å². The van der Waals surface area contributed by atoms with Crippen LogP contribution < -0.4 is 15.4 Å². The van der Waals surface area contributed by atoms with E-state index in [1.165, 1.54) is 12.1 Å². The number of para-hydroxylation sites is 1. The average molecular weight is 371 g/mol. The summed E-state index contributed by atoms with van der Waals surface area (Å²) in [5.74, 6) is 1.62. The van der Waals surface area contributed by atoms with Crippen molar-refractivity contribution in [1.82, 2.24) is 10.2 Å². The number of nitro benzene ring substituents is 1. The molecule has 0 heterocycles. The summed E-state index contributed by atoms with van der Waals surface area (Å²) in [6.07, 6.45) is 0. The normalized spacial score (nSPS) is 11.0. The number of nitrogens with one attached hydrogen (secondary N) is 2. The van der Waals surface area contributed by atoms with Crippen LogP contribution in [0.5, 0.6) is 5.75 Å². The van der Waals surface area contributed by atoms with Crippen molar-refractivity contribution in [3.63, 3.8) is 0 Å². The molecule has 0 spiro atoms. The highest BCUT2D eigenvalue weighted by Gasteiger charge is 2.09. The second-order valence-electron chi connectivity index (χ2n) is 5.87. The number of anilines is 1. The predicted molar refractivity (Wildman–Crippen MR) is 107 cm³/mol. The zero-order valence-electron chi connectivity index (χ0n) is 15.8. The van der Waals surface area contributed by atoms with E-state index in [1.54, 1.807) is 26.3 Å². The molecule has 2 N–H and O–H groups in total. The van der Waals surface area contributed by atoms with Gasteiger partial charge in [-0.05, 0) is 18.2 Å². The van der Waals surface area contributed by atoms with Crippen LogP contribution in [0.2, 0.25) is 0 Å². The highest BCUT2D eigenvalue weighted by Crippen LogP contribution is 2.18. The summed E-state index contributed by atoms with van der Waals surface area (Å²) in [4.78, 5) is 16.6. The van der Waals surface area contributed by atoms with Crippen LogP contribution in [0.15, 0.2) is 53.5 Å². The molecule has 8 heteroatoms. The minimum absolute atomic E-state index is 0.0806. The van der Waals surface area contributed by atoms with Gasteiger partial charge >= 0.3 is 0 Å². The van der Waals surface area contributed by atoms with E-state index in [1.807, 2.05) is 36.2 Å². The van der Waals surface area contributed by atoms with Gasteiger partial charge in [0.05, 0.1) is 12.0 Å². The maximum atomic E-state index is 10.7. The Hall–Kier alpha value is -3.29. The summed E-state index contributed by atoms with van der Waals surface area (Å²) >= 11 is 0. The van der Waals surface area contributed by atoms with E-state index in [0.717, 1.165) is 23.0 Å². The molecule has 0 saturated heterocycles. The Labute approximate surface area is 159 Å².